The molecule has 0 radical (unpaired) electrons. The summed E-state index contributed by atoms with van der Waals surface area (Å²) in [6.07, 6.45) is 7.59. The number of carbonyl (C=O) groups excluding carboxylic acids is 1. The van der Waals surface area contributed by atoms with Gasteiger partial charge in [0.25, 0.3) is 0 Å². The summed E-state index contributed by atoms with van der Waals surface area (Å²) >= 11 is 1.48. The molecule has 0 unspecified atom stereocenters. The lowest BCUT2D eigenvalue weighted by molar-refractivity contribution is -0.113. The number of allylic oxidation sites excluding steroid dienone is 2. The highest BCUT2D eigenvalue weighted by Crippen LogP contribution is 2.23. The standard InChI is InChI=1S/C15H17FOS/c16-13-7-9-14(10-8-13)18-11-15(17)12-5-3-1-2-4-6-12/h5,7-10H,1-4,6,11H2. The second-order valence-corrected chi connectivity index (χ2v) is 5.54. The van der Waals surface area contributed by atoms with Crippen LogP contribution in [0.3, 0.4) is 0 Å². The lowest BCUT2D eigenvalue weighted by atomic mass is 10.1. The molecule has 0 aromatic heterocycles. The van der Waals surface area contributed by atoms with Crippen molar-refractivity contribution in [2.45, 2.75) is 37.0 Å². The van der Waals surface area contributed by atoms with Crippen LogP contribution < -0.4 is 0 Å². The van der Waals surface area contributed by atoms with Crippen LogP contribution in [0.2, 0.25) is 0 Å². The van der Waals surface area contributed by atoms with Gasteiger partial charge in [0, 0.05) is 4.90 Å². The zero-order valence-electron chi connectivity index (χ0n) is 10.3. The molecule has 1 nitrogen and oxygen atoms in total. The van der Waals surface area contributed by atoms with Gasteiger partial charge in [-0.25, -0.2) is 4.39 Å². The van der Waals surface area contributed by atoms with Crippen molar-refractivity contribution in [1.82, 2.24) is 0 Å². The molecule has 0 heterocycles. The molecule has 1 aliphatic rings. The monoisotopic (exact) mass is 264 g/mol. The quantitative estimate of drug-likeness (QED) is 0.751. The first-order valence-electron chi connectivity index (χ1n) is 6.36. The largest absolute Gasteiger partial charge is 0.294 e. The smallest absolute Gasteiger partial charge is 0.168 e. The topological polar surface area (TPSA) is 17.1 Å². The molecule has 0 atom stereocenters. The van der Waals surface area contributed by atoms with Crippen molar-refractivity contribution in [2.75, 3.05) is 5.75 Å². The maximum absolute atomic E-state index is 12.7. The van der Waals surface area contributed by atoms with E-state index < -0.39 is 0 Å². The Morgan fingerprint density at radius 3 is 2.72 bits per heavy atom. The first-order valence-corrected chi connectivity index (χ1v) is 7.35. The highest BCUT2D eigenvalue weighted by atomic mass is 32.2. The first-order chi connectivity index (χ1) is 8.75. The van der Waals surface area contributed by atoms with E-state index in [4.69, 9.17) is 0 Å². The van der Waals surface area contributed by atoms with Gasteiger partial charge in [-0.05, 0) is 55.5 Å². The zero-order chi connectivity index (χ0) is 12.8. The number of thioether (sulfide) groups is 1. The van der Waals surface area contributed by atoms with E-state index in [0.717, 1.165) is 29.7 Å². The van der Waals surface area contributed by atoms with Crippen molar-refractivity contribution in [3.8, 4) is 0 Å². The molecule has 1 aliphatic carbocycles. The van der Waals surface area contributed by atoms with E-state index in [-0.39, 0.29) is 11.6 Å². The molecule has 0 amide bonds. The molecule has 1 aromatic rings. The summed E-state index contributed by atoms with van der Waals surface area (Å²) in [7, 11) is 0. The molecule has 0 spiro atoms. The SMILES string of the molecule is O=C(CSc1ccc(F)cc1)C1=CCCCCC1. The van der Waals surface area contributed by atoms with E-state index in [1.54, 1.807) is 12.1 Å². The number of Topliss-reactive ketones (excluding diaryl/α,β-unsaturated/α-hetero) is 1. The van der Waals surface area contributed by atoms with Gasteiger partial charge in [-0.2, -0.15) is 0 Å². The third-order valence-corrected chi connectivity index (χ3v) is 4.09. The average molecular weight is 264 g/mol. The van der Waals surface area contributed by atoms with Crippen LogP contribution in [-0.2, 0) is 4.79 Å². The summed E-state index contributed by atoms with van der Waals surface area (Å²) in [5.41, 5.74) is 0.988. The Labute approximate surface area is 111 Å². The van der Waals surface area contributed by atoms with Gasteiger partial charge in [-0.1, -0.05) is 12.5 Å². The van der Waals surface area contributed by atoms with E-state index in [1.165, 1.54) is 36.7 Å². The van der Waals surface area contributed by atoms with Crippen molar-refractivity contribution in [2.24, 2.45) is 0 Å². The molecule has 0 saturated heterocycles. The minimum Gasteiger partial charge on any atom is -0.294 e. The molecule has 2 rings (SSSR count). The summed E-state index contributed by atoms with van der Waals surface area (Å²) in [6, 6.07) is 6.29. The summed E-state index contributed by atoms with van der Waals surface area (Å²) in [4.78, 5) is 13.0. The van der Waals surface area contributed by atoms with Crippen LogP contribution in [0.4, 0.5) is 4.39 Å². The molecule has 18 heavy (non-hydrogen) atoms. The Morgan fingerprint density at radius 1 is 1.17 bits per heavy atom. The summed E-state index contributed by atoms with van der Waals surface area (Å²) in [5.74, 6) is 0.445. The summed E-state index contributed by atoms with van der Waals surface area (Å²) < 4.78 is 12.7. The summed E-state index contributed by atoms with van der Waals surface area (Å²) in [6.45, 7) is 0. The van der Waals surface area contributed by atoms with Gasteiger partial charge in [-0.3, -0.25) is 4.79 Å². The minimum absolute atomic E-state index is 0.228. The highest BCUT2D eigenvalue weighted by Gasteiger charge is 2.11. The Kier molecular flexibility index (Phi) is 5.00. The lowest BCUT2D eigenvalue weighted by Gasteiger charge is -2.04. The third-order valence-electron chi connectivity index (χ3n) is 3.08. The first kappa shape index (κ1) is 13.3. The van der Waals surface area contributed by atoms with Gasteiger partial charge in [0.1, 0.15) is 5.82 Å². The molecule has 96 valence electrons. The molecule has 3 heteroatoms. The third kappa shape index (κ3) is 3.98. The van der Waals surface area contributed by atoms with Gasteiger partial charge < -0.3 is 0 Å². The van der Waals surface area contributed by atoms with E-state index in [2.05, 4.69) is 6.08 Å². The molecule has 0 fully saturated rings. The minimum atomic E-state index is -0.239. The molecule has 0 saturated carbocycles. The zero-order valence-corrected chi connectivity index (χ0v) is 11.1. The molecule has 1 aromatic carbocycles. The summed E-state index contributed by atoms with van der Waals surface area (Å²) in [5, 5.41) is 0. The van der Waals surface area contributed by atoms with Crippen LogP contribution in [0, 0.1) is 5.82 Å². The number of halogens is 1. The number of ketones is 1. The van der Waals surface area contributed by atoms with Crippen LogP contribution in [0.1, 0.15) is 32.1 Å². The predicted molar refractivity (Wildman–Crippen MR) is 73.3 cm³/mol. The van der Waals surface area contributed by atoms with Crippen molar-refractivity contribution < 1.29 is 9.18 Å². The van der Waals surface area contributed by atoms with Crippen LogP contribution in [0.15, 0.2) is 40.8 Å². The normalized spacial score (nSPS) is 15.9. The van der Waals surface area contributed by atoms with Crippen molar-refractivity contribution >= 4 is 17.5 Å². The number of rotatable bonds is 4. The number of benzene rings is 1. The number of hydrogen-bond donors (Lipinski definition) is 0. The van der Waals surface area contributed by atoms with E-state index >= 15 is 0 Å². The molecular formula is C15H17FOS. The fraction of sp³-hybridized carbons (Fsp3) is 0.400. The van der Waals surface area contributed by atoms with E-state index in [9.17, 15) is 9.18 Å². The van der Waals surface area contributed by atoms with E-state index in [0.29, 0.717) is 5.75 Å². The van der Waals surface area contributed by atoms with Gasteiger partial charge in [-0.15, -0.1) is 11.8 Å². The molecule has 0 aliphatic heterocycles. The van der Waals surface area contributed by atoms with Crippen molar-refractivity contribution in [3.63, 3.8) is 0 Å². The van der Waals surface area contributed by atoms with Crippen molar-refractivity contribution in [1.29, 1.82) is 0 Å². The van der Waals surface area contributed by atoms with Crippen LogP contribution in [0.25, 0.3) is 0 Å². The Morgan fingerprint density at radius 2 is 1.94 bits per heavy atom. The highest BCUT2D eigenvalue weighted by molar-refractivity contribution is 8.00. The maximum atomic E-state index is 12.7. The average Bonchev–Trinajstić information content (AvgIpc) is 2.66. The van der Waals surface area contributed by atoms with Gasteiger partial charge in [0.05, 0.1) is 5.75 Å². The van der Waals surface area contributed by atoms with Gasteiger partial charge in [0.15, 0.2) is 5.78 Å². The van der Waals surface area contributed by atoms with E-state index in [1.807, 2.05) is 0 Å². The Hall–Kier alpha value is -1.09. The number of hydrogen-bond acceptors (Lipinski definition) is 2. The fourth-order valence-electron chi connectivity index (χ4n) is 2.04. The second-order valence-electron chi connectivity index (χ2n) is 4.49. The molecule has 0 bridgehead atoms. The van der Waals surface area contributed by atoms with Crippen LogP contribution >= 0.6 is 11.8 Å². The molecular weight excluding hydrogens is 247 g/mol. The number of carbonyl (C=O) groups is 1. The van der Waals surface area contributed by atoms with Gasteiger partial charge >= 0.3 is 0 Å². The predicted octanol–water partition coefficient (Wildman–Crippen LogP) is 4.38. The van der Waals surface area contributed by atoms with Crippen LogP contribution in [-0.4, -0.2) is 11.5 Å². The molecule has 0 N–H and O–H groups in total. The van der Waals surface area contributed by atoms with Gasteiger partial charge in [0.2, 0.25) is 0 Å². The van der Waals surface area contributed by atoms with Crippen molar-refractivity contribution in [3.05, 3.63) is 41.7 Å². The second kappa shape index (κ2) is 6.74. The maximum Gasteiger partial charge on any atom is 0.168 e. The Bertz CT molecular complexity index is 436. The van der Waals surface area contributed by atoms with Crippen LogP contribution in [0.5, 0.6) is 0 Å². The fourth-order valence-corrected chi connectivity index (χ4v) is 2.85. The lowest BCUT2D eigenvalue weighted by Crippen LogP contribution is -2.05. The Balaban J connectivity index is 1.87.